The van der Waals surface area contributed by atoms with E-state index in [0.29, 0.717) is 34.1 Å². The SMILES string of the molecule is Cc1cc2nc(COc3ccc(NC(=O)c4cccc(Br)c4)cc3)cc(=O)n2o1. The maximum Gasteiger partial charge on any atom is 0.287 e. The Morgan fingerprint density at radius 1 is 1.17 bits per heavy atom. The van der Waals surface area contributed by atoms with Crippen molar-refractivity contribution in [3.8, 4) is 5.75 Å². The van der Waals surface area contributed by atoms with E-state index in [-0.39, 0.29) is 18.1 Å². The lowest BCUT2D eigenvalue weighted by Gasteiger charge is -2.08. The number of nitrogens with zero attached hydrogens (tertiary/aromatic N) is 2. The number of hydrogen-bond acceptors (Lipinski definition) is 5. The molecule has 0 atom stereocenters. The van der Waals surface area contributed by atoms with Gasteiger partial charge in [0.1, 0.15) is 18.1 Å². The number of ether oxygens (including phenoxy) is 1. The van der Waals surface area contributed by atoms with Crippen LogP contribution in [0.4, 0.5) is 5.69 Å². The predicted molar refractivity (Wildman–Crippen MR) is 111 cm³/mol. The van der Waals surface area contributed by atoms with Crippen molar-refractivity contribution in [2.75, 3.05) is 5.32 Å². The fourth-order valence-electron chi connectivity index (χ4n) is 2.77. The molecular weight excluding hydrogens is 438 g/mol. The molecule has 29 heavy (non-hydrogen) atoms. The number of aryl methyl sites for hydroxylation is 1. The molecule has 1 N–H and O–H groups in total. The quantitative estimate of drug-likeness (QED) is 0.489. The van der Waals surface area contributed by atoms with Gasteiger partial charge in [0.15, 0.2) is 5.65 Å². The molecule has 0 aliphatic carbocycles. The number of amides is 1. The summed E-state index contributed by atoms with van der Waals surface area (Å²) >= 11 is 3.35. The molecule has 4 aromatic rings. The lowest BCUT2D eigenvalue weighted by Crippen LogP contribution is -2.14. The summed E-state index contributed by atoms with van der Waals surface area (Å²) in [6.07, 6.45) is 0. The fraction of sp³-hybridized carbons (Fsp3) is 0.0952. The maximum atomic E-state index is 12.3. The molecule has 0 fully saturated rings. The molecule has 0 saturated heterocycles. The van der Waals surface area contributed by atoms with Crippen LogP contribution in [0.5, 0.6) is 5.75 Å². The zero-order chi connectivity index (χ0) is 20.4. The second kappa shape index (κ2) is 7.92. The molecule has 4 rings (SSSR count). The highest BCUT2D eigenvalue weighted by atomic mass is 79.9. The van der Waals surface area contributed by atoms with Gasteiger partial charge in [-0.15, -0.1) is 4.57 Å². The van der Waals surface area contributed by atoms with Crippen LogP contribution in [0.1, 0.15) is 21.8 Å². The Bertz CT molecular complexity index is 1250. The number of rotatable bonds is 5. The molecule has 0 saturated carbocycles. The van der Waals surface area contributed by atoms with Gasteiger partial charge in [0, 0.05) is 27.9 Å². The van der Waals surface area contributed by atoms with E-state index in [0.717, 1.165) is 9.05 Å². The van der Waals surface area contributed by atoms with E-state index in [1.54, 1.807) is 55.5 Å². The summed E-state index contributed by atoms with van der Waals surface area (Å²) in [5.41, 5.74) is 1.85. The lowest BCUT2D eigenvalue weighted by atomic mass is 10.2. The summed E-state index contributed by atoms with van der Waals surface area (Å²) in [7, 11) is 0. The van der Waals surface area contributed by atoms with Crippen LogP contribution in [0.15, 0.2) is 74.5 Å². The number of aromatic nitrogens is 2. The van der Waals surface area contributed by atoms with Gasteiger partial charge in [-0.2, -0.15) is 0 Å². The summed E-state index contributed by atoms with van der Waals surface area (Å²) in [5.74, 6) is 0.998. The maximum absolute atomic E-state index is 12.3. The van der Waals surface area contributed by atoms with Gasteiger partial charge in [0.25, 0.3) is 11.5 Å². The van der Waals surface area contributed by atoms with E-state index < -0.39 is 0 Å². The monoisotopic (exact) mass is 453 g/mol. The molecule has 146 valence electrons. The van der Waals surface area contributed by atoms with Crippen LogP contribution in [0.2, 0.25) is 0 Å². The predicted octanol–water partition coefficient (Wildman–Crippen LogP) is 4.19. The Hall–Kier alpha value is -3.39. The third-order valence-corrected chi connectivity index (χ3v) is 4.60. The number of carbonyl (C=O) groups is 1. The molecule has 1 amide bonds. The van der Waals surface area contributed by atoms with Gasteiger partial charge in [0.2, 0.25) is 0 Å². The van der Waals surface area contributed by atoms with E-state index in [1.807, 2.05) is 6.07 Å². The van der Waals surface area contributed by atoms with Crippen molar-refractivity contribution in [3.63, 3.8) is 0 Å². The Kier molecular flexibility index (Phi) is 5.18. The largest absolute Gasteiger partial charge is 0.487 e. The van der Waals surface area contributed by atoms with Crippen LogP contribution in [0.25, 0.3) is 5.65 Å². The minimum atomic E-state index is -0.299. The second-order valence-corrected chi connectivity index (χ2v) is 7.28. The van der Waals surface area contributed by atoms with Crippen molar-refractivity contribution in [3.05, 3.63) is 92.5 Å². The number of nitrogens with one attached hydrogen (secondary N) is 1. The van der Waals surface area contributed by atoms with Crippen LogP contribution in [0.3, 0.4) is 0 Å². The van der Waals surface area contributed by atoms with Gasteiger partial charge >= 0.3 is 0 Å². The Morgan fingerprint density at radius 3 is 2.72 bits per heavy atom. The van der Waals surface area contributed by atoms with Crippen molar-refractivity contribution in [2.24, 2.45) is 0 Å². The van der Waals surface area contributed by atoms with Crippen LogP contribution < -0.4 is 15.6 Å². The van der Waals surface area contributed by atoms with E-state index in [9.17, 15) is 9.59 Å². The van der Waals surface area contributed by atoms with Gasteiger partial charge in [-0.25, -0.2) is 4.98 Å². The van der Waals surface area contributed by atoms with Crippen molar-refractivity contribution >= 4 is 33.2 Å². The first-order valence-electron chi connectivity index (χ1n) is 8.77. The first-order valence-corrected chi connectivity index (χ1v) is 9.57. The molecule has 0 radical (unpaired) electrons. The summed E-state index contributed by atoms with van der Waals surface area (Å²) < 4.78 is 12.9. The Balaban J connectivity index is 1.41. The molecule has 2 aromatic heterocycles. The smallest absolute Gasteiger partial charge is 0.287 e. The molecule has 8 heteroatoms. The van der Waals surface area contributed by atoms with Crippen LogP contribution in [0, 0.1) is 6.92 Å². The minimum Gasteiger partial charge on any atom is -0.487 e. The van der Waals surface area contributed by atoms with Crippen LogP contribution >= 0.6 is 15.9 Å². The number of carbonyl (C=O) groups excluding carboxylic acids is 1. The van der Waals surface area contributed by atoms with E-state index in [1.165, 1.54) is 6.07 Å². The average Bonchev–Trinajstić information content (AvgIpc) is 3.08. The van der Waals surface area contributed by atoms with Crippen molar-refractivity contribution in [1.82, 2.24) is 9.56 Å². The molecule has 0 bridgehead atoms. The van der Waals surface area contributed by atoms with Gasteiger partial charge in [-0.3, -0.25) is 9.59 Å². The topological polar surface area (TPSA) is 85.8 Å². The van der Waals surface area contributed by atoms with Crippen LogP contribution in [-0.4, -0.2) is 15.5 Å². The lowest BCUT2D eigenvalue weighted by molar-refractivity contribution is 0.102. The molecular formula is C21H16BrN3O4. The summed E-state index contributed by atoms with van der Waals surface area (Å²) in [4.78, 5) is 28.7. The van der Waals surface area contributed by atoms with Gasteiger partial charge in [0.05, 0.1) is 5.69 Å². The highest BCUT2D eigenvalue weighted by Gasteiger charge is 2.09. The minimum absolute atomic E-state index is 0.139. The van der Waals surface area contributed by atoms with E-state index in [4.69, 9.17) is 9.26 Å². The number of hydrogen-bond donors (Lipinski definition) is 1. The molecule has 0 unspecified atom stereocenters. The molecule has 0 aliphatic heterocycles. The van der Waals surface area contributed by atoms with Gasteiger partial charge in [-0.1, -0.05) is 22.0 Å². The number of fused-ring (bicyclic) bond motifs is 1. The first kappa shape index (κ1) is 18.9. The molecule has 2 heterocycles. The average molecular weight is 454 g/mol. The summed E-state index contributed by atoms with van der Waals surface area (Å²) in [6.45, 7) is 1.89. The number of anilines is 1. The Labute approximate surface area is 174 Å². The molecule has 0 spiro atoms. The van der Waals surface area contributed by atoms with E-state index >= 15 is 0 Å². The highest BCUT2D eigenvalue weighted by Crippen LogP contribution is 2.18. The number of halogens is 1. The third-order valence-electron chi connectivity index (χ3n) is 4.11. The summed E-state index contributed by atoms with van der Waals surface area (Å²) in [6, 6.07) is 17.2. The first-order chi connectivity index (χ1) is 14.0. The van der Waals surface area contributed by atoms with Crippen molar-refractivity contribution < 1.29 is 14.1 Å². The molecule has 2 aromatic carbocycles. The normalized spacial score (nSPS) is 10.8. The van der Waals surface area contributed by atoms with Crippen molar-refractivity contribution in [2.45, 2.75) is 13.5 Å². The zero-order valence-electron chi connectivity index (χ0n) is 15.4. The second-order valence-electron chi connectivity index (χ2n) is 6.36. The van der Waals surface area contributed by atoms with Gasteiger partial charge < -0.3 is 14.6 Å². The molecule has 7 nitrogen and oxygen atoms in total. The highest BCUT2D eigenvalue weighted by molar-refractivity contribution is 9.10. The number of benzene rings is 2. The standard InChI is InChI=1S/C21H16BrN3O4/c1-13-9-19-23-17(11-20(26)25(19)29-13)12-28-18-7-5-16(6-8-18)24-21(27)14-3-2-4-15(22)10-14/h2-11H,12H2,1H3,(H,24,27). The summed E-state index contributed by atoms with van der Waals surface area (Å²) in [5, 5.41) is 2.83. The van der Waals surface area contributed by atoms with Crippen LogP contribution in [-0.2, 0) is 6.61 Å². The third kappa shape index (κ3) is 4.38. The zero-order valence-corrected chi connectivity index (χ0v) is 17.0. The molecule has 0 aliphatic rings. The Morgan fingerprint density at radius 2 is 1.97 bits per heavy atom. The van der Waals surface area contributed by atoms with Crippen molar-refractivity contribution in [1.29, 1.82) is 0 Å². The van der Waals surface area contributed by atoms with E-state index in [2.05, 4.69) is 26.2 Å². The fourth-order valence-corrected chi connectivity index (χ4v) is 3.17. The van der Waals surface area contributed by atoms with Gasteiger partial charge in [-0.05, 0) is 49.4 Å².